The van der Waals surface area contributed by atoms with E-state index in [0.29, 0.717) is 12.2 Å². The smallest absolute Gasteiger partial charge is 0.338 e. The van der Waals surface area contributed by atoms with Crippen LogP contribution in [0.4, 0.5) is 0 Å². The molecule has 18 heavy (non-hydrogen) atoms. The van der Waals surface area contributed by atoms with Crippen molar-refractivity contribution >= 4 is 5.97 Å². The monoisotopic (exact) mass is 250 g/mol. The zero-order valence-electron chi connectivity index (χ0n) is 10.7. The molecule has 0 aliphatic carbocycles. The second-order valence-corrected chi connectivity index (χ2v) is 4.10. The van der Waals surface area contributed by atoms with Gasteiger partial charge < -0.3 is 15.8 Å². The Kier molecular flexibility index (Phi) is 7.84. The van der Waals surface area contributed by atoms with Crippen LogP contribution in [0.1, 0.15) is 29.6 Å². The molecule has 0 aromatic heterocycles. The number of nitrogens with one attached hydrogen (secondary N) is 1. The molecule has 0 aliphatic rings. The Bertz CT molecular complexity index is 328. The van der Waals surface area contributed by atoms with Crippen LogP contribution in [0.25, 0.3) is 0 Å². The number of carbonyl (C=O) groups is 1. The highest BCUT2D eigenvalue weighted by Gasteiger charge is 2.04. The first-order chi connectivity index (χ1) is 8.84. The maximum Gasteiger partial charge on any atom is 0.338 e. The Morgan fingerprint density at radius 1 is 1.11 bits per heavy atom. The summed E-state index contributed by atoms with van der Waals surface area (Å²) < 4.78 is 5.16. The number of esters is 1. The van der Waals surface area contributed by atoms with Gasteiger partial charge in [-0.15, -0.1) is 0 Å². The fourth-order valence-electron chi connectivity index (χ4n) is 1.54. The average molecular weight is 250 g/mol. The lowest BCUT2D eigenvalue weighted by Crippen LogP contribution is -2.19. The van der Waals surface area contributed by atoms with Crippen molar-refractivity contribution in [1.82, 2.24) is 5.32 Å². The lowest BCUT2D eigenvalue weighted by atomic mass is 10.2. The first-order valence-corrected chi connectivity index (χ1v) is 6.47. The minimum atomic E-state index is -0.251. The summed E-state index contributed by atoms with van der Waals surface area (Å²) in [6.45, 7) is 3.05. The lowest BCUT2D eigenvalue weighted by molar-refractivity contribution is 0.0501. The van der Waals surface area contributed by atoms with Crippen molar-refractivity contribution in [3.05, 3.63) is 35.9 Å². The number of ether oxygens (including phenoxy) is 1. The lowest BCUT2D eigenvalue weighted by Gasteiger charge is -2.06. The zero-order valence-corrected chi connectivity index (χ0v) is 10.7. The third-order valence-electron chi connectivity index (χ3n) is 2.55. The Balaban J connectivity index is 2.00. The van der Waals surface area contributed by atoms with Crippen molar-refractivity contribution in [2.45, 2.75) is 19.3 Å². The van der Waals surface area contributed by atoms with E-state index >= 15 is 0 Å². The Hall–Kier alpha value is -1.39. The quantitative estimate of drug-likeness (QED) is 0.516. The van der Waals surface area contributed by atoms with E-state index in [2.05, 4.69) is 5.32 Å². The summed E-state index contributed by atoms with van der Waals surface area (Å²) in [5.74, 6) is -0.251. The number of carbonyl (C=O) groups excluding carboxylic acids is 1. The minimum absolute atomic E-state index is 0.251. The number of benzene rings is 1. The van der Waals surface area contributed by atoms with Crippen LogP contribution in [0.2, 0.25) is 0 Å². The number of nitrogens with two attached hydrogens (primary N) is 1. The third-order valence-corrected chi connectivity index (χ3v) is 2.55. The Morgan fingerprint density at radius 3 is 2.56 bits per heavy atom. The number of hydrogen-bond donors (Lipinski definition) is 2. The van der Waals surface area contributed by atoms with Gasteiger partial charge in [0.25, 0.3) is 0 Å². The van der Waals surface area contributed by atoms with Crippen LogP contribution in [-0.2, 0) is 4.74 Å². The van der Waals surface area contributed by atoms with Crippen molar-refractivity contribution in [2.24, 2.45) is 5.73 Å². The second-order valence-electron chi connectivity index (χ2n) is 4.10. The summed E-state index contributed by atoms with van der Waals surface area (Å²) in [5.41, 5.74) is 6.00. The fraction of sp³-hybridized carbons (Fsp3) is 0.500. The molecule has 0 fully saturated rings. The largest absolute Gasteiger partial charge is 0.462 e. The van der Waals surface area contributed by atoms with Gasteiger partial charge >= 0.3 is 5.97 Å². The van der Waals surface area contributed by atoms with Gasteiger partial charge in [-0.25, -0.2) is 4.79 Å². The van der Waals surface area contributed by atoms with Gasteiger partial charge in [-0.2, -0.15) is 0 Å². The summed E-state index contributed by atoms with van der Waals surface area (Å²) in [5, 5.41) is 3.29. The molecule has 0 unspecified atom stereocenters. The summed E-state index contributed by atoms with van der Waals surface area (Å²) in [4.78, 5) is 11.6. The van der Waals surface area contributed by atoms with Crippen molar-refractivity contribution in [1.29, 1.82) is 0 Å². The first-order valence-electron chi connectivity index (χ1n) is 6.47. The van der Waals surface area contributed by atoms with Crippen LogP contribution >= 0.6 is 0 Å². The minimum Gasteiger partial charge on any atom is -0.462 e. The summed E-state index contributed by atoms with van der Waals surface area (Å²) in [6.07, 6.45) is 2.98. The standard InChI is InChI=1S/C14H22N2O2/c15-9-4-5-10-16-11-6-12-18-14(17)13-7-2-1-3-8-13/h1-3,7-8,16H,4-6,9-12,15H2. The molecule has 0 atom stereocenters. The van der Waals surface area contributed by atoms with Crippen molar-refractivity contribution in [3.8, 4) is 0 Å². The second kappa shape index (κ2) is 9.62. The molecule has 0 spiro atoms. The number of unbranched alkanes of at least 4 members (excludes halogenated alkanes) is 1. The van der Waals surface area contributed by atoms with Gasteiger partial charge in [0.1, 0.15) is 0 Å². The van der Waals surface area contributed by atoms with Crippen molar-refractivity contribution < 1.29 is 9.53 Å². The summed E-state index contributed by atoms with van der Waals surface area (Å²) >= 11 is 0. The van der Waals surface area contributed by atoms with Crippen molar-refractivity contribution in [2.75, 3.05) is 26.2 Å². The van der Waals surface area contributed by atoms with Crippen LogP contribution < -0.4 is 11.1 Å². The Morgan fingerprint density at radius 2 is 1.83 bits per heavy atom. The van der Waals surface area contributed by atoms with Gasteiger partial charge in [0.05, 0.1) is 12.2 Å². The molecule has 4 heteroatoms. The maximum atomic E-state index is 11.6. The van der Waals surface area contributed by atoms with Crippen LogP contribution in [-0.4, -0.2) is 32.2 Å². The van der Waals surface area contributed by atoms with E-state index in [-0.39, 0.29) is 5.97 Å². The first kappa shape index (κ1) is 14.7. The highest BCUT2D eigenvalue weighted by Crippen LogP contribution is 2.01. The normalized spacial score (nSPS) is 10.3. The van der Waals surface area contributed by atoms with E-state index in [1.807, 2.05) is 18.2 Å². The third kappa shape index (κ3) is 6.37. The van der Waals surface area contributed by atoms with Crippen LogP contribution in [0, 0.1) is 0 Å². The van der Waals surface area contributed by atoms with Crippen LogP contribution in [0.15, 0.2) is 30.3 Å². The van der Waals surface area contributed by atoms with E-state index in [0.717, 1.165) is 38.9 Å². The molecular weight excluding hydrogens is 228 g/mol. The molecule has 0 amide bonds. The van der Waals surface area contributed by atoms with Gasteiger partial charge in [-0.3, -0.25) is 0 Å². The highest BCUT2D eigenvalue weighted by atomic mass is 16.5. The van der Waals surface area contributed by atoms with Crippen LogP contribution in [0.5, 0.6) is 0 Å². The molecule has 0 radical (unpaired) electrons. The molecule has 1 aromatic carbocycles. The van der Waals surface area contributed by atoms with E-state index in [9.17, 15) is 4.79 Å². The fourth-order valence-corrected chi connectivity index (χ4v) is 1.54. The maximum absolute atomic E-state index is 11.6. The molecule has 4 nitrogen and oxygen atoms in total. The number of rotatable bonds is 9. The molecule has 3 N–H and O–H groups in total. The molecule has 0 bridgehead atoms. The topological polar surface area (TPSA) is 64.3 Å². The predicted molar refractivity (Wildman–Crippen MR) is 72.5 cm³/mol. The molecule has 0 saturated carbocycles. The molecule has 100 valence electrons. The van der Waals surface area contributed by atoms with Gasteiger partial charge in [0.15, 0.2) is 0 Å². The molecule has 1 rings (SSSR count). The van der Waals surface area contributed by atoms with Crippen LogP contribution in [0.3, 0.4) is 0 Å². The zero-order chi connectivity index (χ0) is 13.1. The van der Waals surface area contributed by atoms with Gasteiger partial charge in [-0.1, -0.05) is 18.2 Å². The molecule has 0 heterocycles. The van der Waals surface area contributed by atoms with Gasteiger partial charge in [-0.05, 0) is 51.0 Å². The van der Waals surface area contributed by atoms with Gasteiger partial charge in [0, 0.05) is 0 Å². The average Bonchev–Trinajstić information content (AvgIpc) is 2.42. The highest BCUT2D eigenvalue weighted by molar-refractivity contribution is 5.89. The molecule has 0 aliphatic heterocycles. The predicted octanol–water partition coefficient (Wildman–Crippen LogP) is 1.56. The van der Waals surface area contributed by atoms with E-state index in [1.165, 1.54) is 0 Å². The van der Waals surface area contributed by atoms with Gasteiger partial charge in [0.2, 0.25) is 0 Å². The summed E-state index contributed by atoms with van der Waals surface area (Å²) in [7, 11) is 0. The molecular formula is C14H22N2O2. The van der Waals surface area contributed by atoms with Crippen molar-refractivity contribution in [3.63, 3.8) is 0 Å². The van der Waals surface area contributed by atoms with E-state index < -0.39 is 0 Å². The van der Waals surface area contributed by atoms with E-state index in [4.69, 9.17) is 10.5 Å². The van der Waals surface area contributed by atoms with E-state index in [1.54, 1.807) is 12.1 Å². The SMILES string of the molecule is NCCCCNCCCOC(=O)c1ccccc1. The summed E-state index contributed by atoms with van der Waals surface area (Å²) in [6, 6.07) is 9.05. The number of hydrogen-bond acceptors (Lipinski definition) is 4. The Labute approximate surface area is 109 Å². The molecule has 0 saturated heterocycles. The molecule has 1 aromatic rings.